The highest BCUT2D eigenvalue weighted by atomic mass is 35.5. The van der Waals surface area contributed by atoms with E-state index in [-0.39, 0.29) is 26.9 Å². The highest BCUT2D eigenvalue weighted by Gasteiger charge is 2.15. The van der Waals surface area contributed by atoms with Crippen molar-refractivity contribution < 1.29 is 14.1 Å². The van der Waals surface area contributed by atoms with Crippen molar-refractivity contribution in [2.45, 2.75) is 0 Å². The molecule has 0 bridgehead atoms. The van der Waals surface area contributed by atoms with Crippen molar-refractivity contribution in [2.75, 3.05) is 0 Å². The molecule has 0 aliphatic heterocycles. The lowest BCUT2D eigenvalue weighted by Crippen LogP contribution is -2.17. The average Bonchev–Trinajstić information content (AvgIpc) is 2.49. The summed E-state index contributed by atoms with van der Waals surface area (Å²) in [5, 5.41) is 14.5. The van der Waals surface area contributed by atoms with Crippen LogP contribution in [0.25, 0.3) is 0 Å². The summed E-state index contributed by atoms with van der Waals surface area (Å²) >= 11 is 11.6. The van der Waals surface area contributed by atoms with E-state index in [9.17, 15) is 19.3 Å². The molecular formula is C14H8Cl2FN3O3. The molecule has 0 saturated carbocycles. The molecule has 0 atom stereocenters. The van der Waals surface area contributed by atoms with E-state index in [1.165, 1.54) is 18.2 Å². The van der Waals surface area contributed by atoms with Gasteiger partial charge >= 0.3 is 0 Å². The van der Waals surface area contributed by atoms with E-state index in [0.717, 1.165) is 24.4 Å². The van der Waals surface area contributed by atoms with Gasteiger partial charge in [-0.1, -0.05) is 23.2 Å². The summed E-state index contributed by atoms with van der Waals surface area (Å²) in [5.41, 5.74) is 2.29. The first kappa shape index (κ1) is 16.9. The van der Waals surface area contributed by atoms with Crippen molar-refractivity contribution in [1.29, 1.82) is 0 Å². The largest absolute Gasteiger partial charge is 0.288 e. The molecule has 2 aromatic carbocycles. The van der Waals surface area contributed by atoms with E-state index in [1.54, 1.807) is 0 Å². The van der Waals surface area contributed by atoms with Crippen molar-refractivity contribution in [3.05, 3.63) is 73.5 Å². The van der Waals surface area contributed by atoms with Gasteiger partial charge in [-0.05, 0) is 30.3 Å². The predicted octanol–water partition coefficient (Wildman–Crippen LogP) is 3.80. The number of nitro groups is 1. The molecule has 23 heavy (non-hydrogen) atoms. The Balaban J connectivity index is 2.14. The Kier molecular flexibility index (Phi) is 5.25. The second-order valence-corrected chi connectivity index (χ2v) is 5.10. The Morgan fingerprint density at radius 2 is 1.87 bits per heavy atom. The zero-order chi connectivity index (χ0) is 17.0. The van der Waals surface area contributed by atoms with Gasteiger partial charge in [-0.15, -0.1) is 0 Å². The van der Waals surface area contributed by atoms with Gasteiger partial charge in [0.25, 0.3) is 11.6 Å². The van der Waals surface area contributed by atoms with E-state index < -0.39 is 16.6 Å². The molecule has 6 nitrogen and oxygen atoms in total. The highest BCUT2D eigenvalue weighted by Crippen LogP contribution is 2.29. The van der Waals surface area contributed by atoms with Gasteiger partial charge in [0, 0.05) is 17.2 Å². The van der Waals surface area contributed by atoms with Crippen molar-refractivity contribution in [3.63, 3.8) is 0 Å². The number of hydrazone groups is 1. The van der Waals surface area contributed by atoms with Crippen LogP contribution in [0.1, 0.15) is 15.9 Å². The summed E-state index contributed by atoms with van der Waals surface area (Å²) in [4.78, 5) is 21.9. The topological polar surface area (TPSA) is 84.6 Å². The summed E-state index contributed by atoms with van der Waals surface area (Å²) in [6.45, 7) is 0. The number of nitrogens with zero attached hydrogens (tertiary/aromatic N) is 2. The van der Waals surface area contributed by atoms with Gasteiger partial charge in [0.05, 0.1) is 16.2 Å². The summed E-state index contributed by atoms with van der Waals surface area (Å²) in [7, 11) is 0. The standard InChI is InChI=1S/C14H8Cl2FN3O3/c15-11-6-12(16)13(20(22)23)5-9(11)7-18-19-14(21)8-1-3-10(17)4-2-8/h1-7H,(H,19,21)/b18-7-. The van der Waals surface area contributed by atoms with Gasteiger partial charge in [0.2, 0.25) is 0 Å². The predicted molar refractivity (Wildman–Crippen MR) is 84.6 cm³/mol. The molecule has 0 fully saturated rings. The lowest BCUT2D eigenvalue weighted by atomic mass is 10.2. The van der Waals surface area contributed by atoms with Crippen LogP contribution in [0.5, 0.6) is 0 Å². The molecule has 0 aromatic heterocycles. The van der Waals surface area contributed by atoms with Crippen LogP contribution in [0.3, 0.4) is 0 Å². The van der Waals surface area contributed by atoms with Gasteiger partial charge < -0.3 is 0 Å². The zero-order valence-corrected chi connectivity index (χ0v) is 12.8. The third-order valence-electron chi connectivity index (χ3n) is 2.74. The zero-order valence-electron chi connectivity index (χ0n) is 11.3. The minimum atomic E-state index is -0.660. The molecule has 1 N–H and O–H groups in total. The van der Waals surface area contributed by atoms with Crippen LogP contribution in [0.4, 0.5) is 10.1 Å². The Hall–Kier alpha value is -2.51. The smallest absolute Gasteiger partial charge is 0.267 e. The third kappa shape index (κ3) is 4.24. The van der Waals surface area contributed by atoms with Crippen molar-refractivity contribution in [2.24, 2.45) is 5.10 Å². The van der Waals surface area contributed by atoms with Crippen molar-refractivity contribution in [3.8, 4) is 0 Å². The molecule has 0 aliphatic rings. The number of carbonyl (C=O) groups excluding carboxylic acids is 1. The molecule has 0 heterocycles. The molecule has 0 saturated heterocycles. The molecule has 0 radical (unpaired) electrons. The molecular weight excluding hydrogens is 348 g/mol. The molecule has 0 spiro atoms. The second-order valence-electron chi connectivity index (χ2n) is 4.29. The van der Waals surface area contributed by atoms with Crippen LogP contribution in [-0.2, 0) is 0 Å². The molecule has 0 unspecified atom stereocenters. The normalized spacial score (nSPS) is 10.7. The maximum Gasteiger partial charge on any atom is 0.288 e. The van der Waals surface area contributed by atoms with Gasteiger partial charge in [0.1, 0.15) is 10.8 Å². The number of benzene rings is 2. The first-order valence-corrected chi connectivity index (χ1v) is 6.86. The van der Waals surface area contributed by atoms with E-state index in [0.29, 0.717) is 0 Å². The Morgan fingerprint density at radius 1 is 1.22 bits per heavy atom. The molecule has 9 heteroatoms. The van der Waals surface area contributed by atoms with E-state index >= 15 is 0 Å². The Morgan fingerprint density at radius 3 is 2.48 bits per heavy atom. The Labute approximate surface area is 139 Å². The molecule has 118 valence electrons. The highest BCUT2D eigenvalue weighted by molar-refractivity contribution is 6.37. The van der Waals surface area contributed by atoms with Crippen LogP contribution in [0.15, 0.2) is 41.5 Å². The van der Waals surface area contributed by atoms with Gasteiger partial charge in [0.15, 0.2) is 0 Å². The molecule has 2 aromatic rings. The van der Waals surface area contributed by atoms with E-state index in [2.05, 4.69) is 10.5 Å². The first-order chi connectivity index (χ1) is 10.9. The van der Waals surface area contributed by atoms with Gasteiger partial charge in [-0.2, -0.15) is 5.10 Å². The fourth-order valence-corrected chi connectivity index (χ4v) is 2.12. The average molecular weight is 356 g/mol. The second kappa shape index (κ2) is 7.17. The summed E-state index contributed by atoms with van der Waals surface area (Å²) in [5.74, 6) is -1.04. The quantitative estimate of drug-likeness (QED) is 0.514. The summed E-state index contributed by atoms with van der Waals surface area (Å²) in [6, 6.07) is 7.21. The molecule has 1 amide bonds. The number of halogens is 3. The van der Waals surface area contributed by atoms with Crippen LogP contribution >= 0.6 is 23.2 Å². The maximum absolute atomic E-state index is 12.8. The number of rotatable bonds is 4. The van der Waals surface area contributed by atoms with E-state index in [4.69, 9.17) is 23.2 Å². The number of carbonyl (C=O) groups is 1. The van der Waals surface area contributed by atoms with Crippen LogP contribution in [-0.4, -0.2) is 17.0 Å². The van der Waals surface area contributed by atoms with Gasteiger partial charge in [-0.25, -0.2) is 9.82 Å². The van der Waals surface area contributed by atoms with Crippen molar-refractivity contribution in [1.82, 2.24) is 5.43 Å². The molecule has 0 aliphatic carbocycles. The number of nitro benzene ring substituents is 1. The number of amides is 1. The lowest BCUT2D eigenvalue weighted by molar-refractivity contribution is -0.384. The summed E-state index contributed by atoms with van der Waals surface area (Å²) < 4.78 is 12.8. The fourth-order valence-electron chi connectivity index (χ4n) is 1.62. The number of hydrogen-bond acceptors (Lipinski definition) is 4. The lowest BCUT2D eigenvalue weighted by Gasteiger charge is -2.02. The first-order valence-electron chi connectivity index (χ1n) is 6.11. The van der Waals surface area contributed by atoms with Crippen LogP contribution in [0, 0.1) is 15.9 Å². The number of nitrogens with one attached hydrogen (secondary N) is 1. The van der Waals surface area contributed by atoms with Gasteiger partial charge in [-0.3, -0.25) is 14.9 Å². The fraction of sp³-hybridized carbons (Fsp3) is 0. The minimum Gasteiger partial charge on any atom is -0.267 e. The van der Waals surface area contributed by atoms with Crippen LogP contribution in [0.2, 0.25) is 10.0 Å². The third-order valence-corrected chi connectivity index (χ3v) is 3.37. The van der Waals surface area contributed by atoms with Crippen LogP contribution < -0.4 is 5.43 Å². The molecule has 2 rings (SSSR count). The summed E-state index contributed by atoms with van der Waals surface area (Å²) in [6.07, 6.45) is 1.15. The Bertz CT molecular complexity index is 795. The van der Waals surface area contributed by atoms with E-state index in [1.807, 2.05) is 0 Å². The van der Waals surface area contributed by atoms with Crippen molar-refractivity contribution >= 4 is 41.0 Å². The monoisotopic (exact) mass is 355 g/mol. The minimum absolute atomic E-state index is 0.104. The number of hydrogen-bond donors (Lipinski definition) is 1. The SMILES string of the molecule is O=C(N/N=C\c1cc([N+](=O)[O-])c(Cl)cc1Cl)c1ccc(F)cc1. The maximum atomic E-state index is 12.8.